The van der Waals surface area contributed by atoms with Gasteiger partial charge >= 0.3 is 0 Å². The smallest absolute Gasteiger partial charge is 0.263 e. The van der Waals surface area contributed by atoms with E-state index in [1.807, 2.05) is 0 Å². The van der Waals surface area contributed by atoms with E-state index in [9.17, 15) is 18.8 Å². The van der Waals surface area contributed by atoms with Gasteiger partial charge in [-0.3, -0.25) is 14.4 Å². The van der Waals surface area contributed by atoms with E-state index in [2.05, 4.69) is 15.5 Å². The molecule has 9 heteroatoms. The van der Waals surface area contributed by atoms with E-state index in [0.717, 1.165) is 18.4 Å². The third kappa shape index (κ3) is 3.66. The molecule has 0 unspecified atom stereocenters. The van der Waals surface area contributed by atoms with Gasteiger partial charge in [0.05, 0.1) is 23.6 Å². The summed E-state index contributed by atoms with van der Waals surface area (Å²) < 4.78 is 15.7. The molecule has 3 heterocycles. The summed E-state index contributed by atoms with van der Waals surface area (Å²) in [6, 6.07) is 7.48. The number of carbonyl (C=O) groups excluding carboxylic acids is 2. The molecule has 1 aliphatic carbocycles. The fourth-order valence-electron chi connectivity index (χ4n) is 4.06. The molecule has 0 saturated heterocycles. The molecule has 1 aliphatic heterocycles. The van der Waals surface area contributed by atoms with Crippen molar-refractivity contribution in [2.24, 2.45) is 0 Å². The second-order valence-electron chi connectivity index (χ2n) is 7.99. The fraction of sp³-hybridized carbons (Fsp3) is 0.261. The highest BCUT2D eigenvalue weighted by Crippen LogP contribution is 2.35. The highest BCUT2D eigenvalue weighted by molar-refractivity contribution is 6.05. The number of para-hydroxylation sites is 1. The zero-order chi connectivity index (χ0) is 22.2. The number of benzene rings is 1. The Labute approximate surface area is 182 Å². The summed E-state index contributed by atoms with van der Waals surface area (Å²) in [5.41, 5.74) is 1.45. The quantitative estimate of drug-likeness (QED) is 0.682. The van der Waals surface area contributed by atoms with Crippen LogP contribution in [0.2, 0.25) is 0 Å². The zero-order valence-electron chi connectivity index (χ0n) is 17.1. The van der Waals surface area contributed by atoms with E-state index in [1.165, 1.54) is 30.6 Å². The lowest BCUT2D eigenvalue weighted by molar-refractivity contribution is 0.0733. The summed E-state index contributed by atoms with van der Waals surface area (Å²) in [6.45, 7) is 0.616. The summed E-state index contributed by atoms with van der Waals surface area (Å²) in [5, 5.41) is 10.00. The van der Waals surface area contributed by atoms with E-state index >= 15 is 0 Å². The summed E-state index contributed by atoms with van der Waals surface area (Å²) >= 11 is 0. The molecule has 0 atom stereocenters. The third-order valence-electron chi connectivity index (χ3n) is 5.83. The van der Waals surface area contributed by atoms with E-state index in [4.69, 9.17) is 0 Å². The van der Waals surface area contributed by atoms with Crippen molar-refractivity contribution in [1.29, 1.82) is 0 Å². The van der Waals surface area contributed by atoms with Crippen molar-refractivity contribution in [3.05, 3.63) is 87.3 Å². The van der Waals surface area contributed by atoms with Crippen LogP contribution < -0.4 is 10.9 Å². The molecule has 2 aliphatic rings. The van der Waals surface area contributed by atoms with Gasteiger partial charge in [-0.05, 0) is 48.6 Å². The molecule has 32 heavy (non-hydrogen) atoms. The van der Waals surface area contributed by atoms with Crippen LogP contribution in [0.25, 0.3) is 0 Å². The van der Waals surface area contributed by atoms with Gasteiger partial charge in [-0.25, -0.2) is 4.39 Å². The van der Waals surface area contributed by atoms with Crippen molar-refractivity contribution >= 4 is 17.5 Å². The van der Waals surface area contributed by atoms with E-state index in [-0.39, 0.29) is 35.3 Å². The number of hydrogen-bond acceptors (Lipinski definition) is 5. The molecule has 8 nitrogen and oxygen atoms in total. The van der Waals surface area contributed by atoms with Crippen LogP contribution >= 0.6 is 0 Å². The molecule has 2 aromatic heterocycles. The van der Waals surface area contributed by atoms with Gasteiger partial charge in [0.25, 0.3) is 17.4 Å². The standard InChI is InChI=1S/C23H20FN5O3/c24-18-3-1-2-4-19(18)27-21(30)20-17-8-10-28(22(31)14-7-9-25-26-11-14)12-15(17)13-29(23(20)32)16-5-6-16/h1-4,7,9,11,13,16H,5-6,8,10,12H2,(H,27,30). The lowest BCUT2D eigenvalue weighted by atomic mass is 9.95. The molecule has 0 spiro atoms. The number of halogens is 1. The first-order valence-electron chi connectivity index (χ1n) is 10.4. The number of pyridine rings is 1. The number of rotatable bonds is 4. The number of nitrogens with one attached hydrogen (secondary N) is 1. The second-order valence-corrected chi connectivity index (χ2v) is 7.99. The average molecular weight is 433 g/mol. The Morgan fingerprint density at radius 2 is 1.94 bits per heavy atom. The number of fused-ring (bicyclic) bond motifs is 1. The lowest BCUT2D eigenvalue weighted by Crippen LogP contribution is -2.40. The predicted octanol–water partition coefficient (Wildman–Crippen LogP) is 2.56. The first-order chi connectivity index (χ1) is 15.5. The molecule has 3 aromatic rings. The molecule has 5 rings (SSSR count). The van der Waals surface area contributed by atoms with Crippen LogP contribution in [0.3, 0.4) is 0 Å². The number of anilines is 1. The molecule has 0 bridgehead atoms. The van der Waals surface area contributed by atoms with Gasteiger partial charge in [0, 0.05) is 25.3 Å². The Kier molecular flexibility index (Phi) is 5.01. The molecular weight excluding hydrogens is 413 g/mol. The minimum absolute atomic E-state index is 0.0188. The number of carbonyl (C=O) groups is 2. The first kappa shape index (κ1) is 20.0. The summed E-state index contributed by atoms with van der Waals surface area (Å²) in [4.78, 5) is 40.8. The first-order valence-corrected chi connectivity index (χ1v) is 10.4. The minimum atomic E-state index is -0.635. The van der Waals surface area contributed by atoms with Gasteiger partial charge < -0.3 is 14.8 Å². The van der Waals surface area contributed by atoms with Crippen molar-refractivity contribution in [1.82, 2.24) is 19.7 Å². The van der Waals surface area contributed by atoms with Crippen LogP contribution in [0.15, 0.2) is 53.7 Å². The van der Waals surface area contributed by atoms with Crippen LogP contribution in [-0.2, 0) is 13.0 Å². The van der Waals surface area contributed by atoms with Crippen molar-refractivity contribution < 1.29 is 14.0 Å². The second kappa shape index (κ2) is 7.99. The fourth-order valence-corrected chi connectivity index (χ4v) is 4.06. The molecular formula is C23H20FN5O3. The van der Waals surface area contributed by atoms with Crippen LogP contribution in [0.1, 0.15) is 50.7 Å². The van der Waals surface area contributed by atoms with Crippen molar-refractivity contribution in [2.45, 2.75) is 31.8 Å². The van der Waals surface area contributed by atoms with Gasteiger partial charge in [0.1, 0.15) is 11.4 Å². The Morgan fingerprint density at radius 1 is 1.12 bits per heavy atom. The maximum atomic E-state index is 14.1. The molecule has 2 amide bonds. The summed E-state index contributed by atoms with van der Waals surface area (Å²) in [6.07, 6.45) is 6.70. The molecule has 1 saturated carbocycles. The normalized spacial score (nSPS) is 15.2. The van der Waals surface area contributed by atoms with Crippen LogP contribution in [0.4, 0.5) is 10.1 Å². The van der Waals surface area contributed by atoms with Gasteiger partial charge in [0.2, 0.25) is 0 Å². The number of hydrogen-bond donors (Lipinski definition) is 1. The van der Waals surface area contributed by atoms with Crippen molar-refractivity contribution in [3.63, 3.8) is 0 Å². The SMILES string of the molecule is O=C(Nc1ccccc1F)c1c2c(cn(C3CC3)c1=O)CN(C(=O)c1ccnnc1)CC2. The molecule has 1 N–H and O–H groups in total. The summed E-state index contributed by atoms with van der Waals surface area (Å²) in [5.74, 6) is -1.40. The Hall–Kier alpha value is -3.88. The average Bonchev–Trinajstić information content (AvgIpc) is 3.65. The van der Waals surface area contributed by atoms with E-state index < -0.39 is 11.7 Å². The van der Waals surface area contributed by atoms with Crippen LogP contribution in [-0.4, -0.2) is 38.0 Å². The molecule has 0 radical (unpaired) electrons. The van der Waals surface area contributed by atoms with Crippen LogP contribution in [0.5, 0.6) is 0 Å². The zero-order valence-corrected chi connectivity index (χ0v) is 17.1. The highest BCUT2D eigenvalue weighted by atomic mass is 19.1. The number of aromatic nitrogens is 3. The largest absolute Gasteiger partial charge is 0.334 e. The van der Waals surface area contributed by atoms with Gasteiger partial charge in [-0.2, -0.15) is 10.2 Å². The highest BCUT2D eigenvalue weighted by Gasteiger charge is 2.32. The van der Waals surface area contributed by atoms with E-state index in [0.29, 0.717) is 24.1 Å². The Bertz CT molecular complexity index is 1270. The van der Waals surface area contributed by atoms with Crippen LogP contribution in [0, 0.1) is 5.82 Å². The maximum Gasteiger partial charge on any atom is 0.263 e. The number of nitrogens with zero attached hydrogens (tertiary/aromatic N) is 4. The predicted molar refractivity (Wildman–Crippen MR) is 114 cm³/mol. The maximum absolute atomic E-state index is 14.1. The van der Waals surface area contributed by atoms with Crippen molar-refractivity contribution in [2.75, 3.05) is 11.9 Å². The molecule has 162 valence electrons. The summed E-state index contributed by atoms with van der Waals surface area (Å²) in [7, 11) is 0. The monoisotopic (exact) mass is 433 g/mol. The van der Waals surface area contributed by atoms with Gasteiger partial charge in [-0.1, -0.05) is 12.1 Å². The van der Waals surface area contributed by atoms with Gasteiger partial charge in [-0.15, -0.1) is 0 Å². The number of amides is 2. The molecule has 1 fully saturated rings. The lowest BCUT2D eigenvalue weighted by Gasteiger charge is -2.30. The van der Waals surface area contributed by atoms with Crippen molar-refractivity contribution in [3.8, 4) is 0 Å². The van der Waals surface area contributed by atoms with E-state index in [1.54, 1.807) is 27.8 Å². The molecule has 1 aromatic carbocycles. The Balaban J connectivity index is 1.51. The third-order valence-corrected chi connectivity index (χ3v) is 5.83. The minimum Gasteiger partial charge on any atom is -0.334 e. The van der Waals surface area contributed by atoms with Gasteiger partial charge in [0.15, 0.2) is 0 Å². The Morgan fingerprint density at radius 3 is 2.66 bits per heavy atom. The topological polar surface area (TPSA) is 97.2 Å².